The highest BCUT2D eigenvalue weighted by Gasteiger charge is 2.30. The molecular weight excluding hydrogens is 352 g/mol. The number of ether oxygens (including phenoxy) is 1. The molecule has 4 heterocycles. The fraction of sp³-hybridized carbons (Fsp3) is 0.333. The molecule has 0 bridgehead atoms. The number of anilines is 1. The lowest BCUT2D eigenvalue weighted by Gasteiger charge is -2.38. The molecule has 0 atom stereocenters. The number of likely N-dealkylation sites (tertiary alicyclic amines) is 1. The number of carbonyl (C=O) groups excluding carboxylic acids is 2. The van der Waals surface area contributed by atoms with Gasteiger partial charge in [-0.05, 0) is 29.7 Å². The molecule has 1 saturated heterocycles. The zero-order chi connectivity index (χ0) is 17.9. The first kappa shape index (κ1) is 16.9. The number of nitrogens with one attached hydrogen (secondary N) is 1. The van der Waals surface area contributed by atoms with Crippen molar-refractivity contribution in [2.24, 2.45) is 0 Å². The predicted molar refractivity (Wildman–Crippen MR) is 97.5 cm³/mol. The number of pyridine rings is 1. The quantitative estimate of drug-likeness (QED) is 0.812. The van der Waals surface area contributed by atoms with Crippen LogP contribution in [0.1, 0.15) is 22.4 Å². The highest BCUT2D eigenvalue weighted by atomic mass is 32.1. The monoisotopic (exact) mass is 370 g/mol. The Hall–Kier alpha value is -2.58. The number of hydrogen-bond donors (Lipinski definition) is 1. The van der Waals surface area contributed by atoms with Gasteiger partial charge in [0.25, 0.3) is 0 Å². The molecule has 0 aromatic carbocycles. The Morgan fingerprint density at radius 2 is 2.27 bits per heavy atom. The first-order valence-electron chi connectivity index (χ1n) is 8.42. The van der Waals surface area contributed by atoms with Crippen LogP contribution in [0.4, 0.5) is 5.82 Å². The number of amides is 2. The predicted octanol–water partition coefficient (Wildman–Crippen LogP) is 1.86. The Kier molecular flexibility index (Phi) is 4.77. The van der Waals surface area contributed by atoms with Crippen LogP contribution in [0.2, 0.25) is 0 Å². The van der Waals surface area contributed by atoms with Crippen LogP contribution in [0.5, 0.6) is 0 Å². The molecule has 0 aliphatic carbocycles. The molecule has 2 aromatic rings. The van der Waals surface area contributed by atoms with Gasteiger partial charge >= 0.3 is 0 Å². The van der Waals surface area contributed by atoms with Gasteiger partial charge in [-0.15, -0.1) is 11.3 Å². The van der Waals surface area contributed by atoms with E-state index in [1.54, 1.807) is 46.3 Å². The second-order valence-corrected chi connectivity index (χ2v) is 7.27. The van der Waals surface area contributed by atoms with E-state index in [0.29, 0.717) is 38.4 Å². The Morgan fingerprint density at radius 3 is 3.08 bits per heavy atom. The lowest BCUT2D eigenvalue weighted by Crippen LogP contribution is -2.54. The van der Waals surface area contributed by atoms with Gasteiger partial charge in [-0.2, -0.15) is 0 Å². The summed E-state index contributed by atoms with van der Waals surface area (Å²) >= 11 is 1.57. The van der Waals surface area contributed by atoms with Crippen molar-refractivity contribution in [2.45, 2.75) is 25.6 Å². The maximum Gasteiger partial charge on any atom is 0.246 e. The highest BCUT2D eigenvalue weighted by molar-refractivity contribution is 7.09. The van der Waals surface area contributed by atoms with E-state index < -0.39 is 0 Å². The number of aromatic nitrogens is 2. The summed E-state index contributed by atoms with van der Waals surface area (Å²) in [4.78, 5) is 34.7. The van der Waals surface area contributed by atoms with Crippen molar-refractivity contribution in [3.8, 4) is 0 Å². The molecule has 1 N–H and O–H groups in total. The SMILES string of the molecule is O=C1CCc2cc(C=CC(=O)N3CC(OCc4cncs4)C3)cnc2N1. The average Bonchev–Trinajstić information content (AvgIpc) is 3.12. The maximum atomic E-state index is 12.2. The van der Waals surface area contributed by atoms with E-state index in [4.69, 9.17) is 4.74 Å². The van der Waals surface area contributed by atoms with Gasteiger partial charge in [-0.1, -0.05) is 0 Å². The topological polar surface area (TPSA) is 84.4 Å². The third-order valence-electron chi connectivity index (χ3n) is 4.39. The van der Waals surface area contributed by atoms with Gasteiger partial charge in [0.05, 0.1) is 23.1 Å². The van der Waals surface area contributed by atoms with Crippen LogP contribution < -0.4 is 5.32 Å². The van der Waals surface area contributed by atoms with Crippen molar-refractivity contribution in [3.05, 3.63) is 46.1 Å². The number of fused-ring (bicyclic) bond motifs is 1. The minimum absolute atomic E-state index is 0.00614. The van der Waals surface area contributed by atoms with Crippen molar-refractivity contribution >= 4 is 35.0 Å². The largest absolute Gasteiger partial charge is 0.369 e. The number of rotatable bonds is 5. The van der Waals surface area contributed by atoms with Crippen LogP contribution in [0.25, 0.3) is 6.08 Å². The normalized spacial score (nSPS) is 17.1. The van der Waals surface area contributed by atoms with Crippen molar-refractivity contribution in [1.29, 1.82) is 0 Å². The lowest BCUT2D eigenvalue weighted by atomic mass is 10.0. The zero-order valence-electron chi connectivity index (χ0n) is 14.1. The van der Waals surface area contributed by atoms with Gasteiger partial charge in [0.1, 0.15) is 5.82 Å². The van der Waals surface area contributed by atoms with Crippen molar-refractivity contribution < 1.29 is 14.3 Å². The summed E-state index contributed by atoms with van der Waals surface area (Å²) in [7, 11) is 0. The van der Waals surface area contributed by atoms with E-state index in [1.807, 2.05) is 6.07 Å². The summed E-state index contributed by atoms with van der Waals surface area (Å²) in [5, 5.41) is 2.75. The van der Waals surface area contributed by atoms with E-state index in [1.165, 1.54) is 0 Å². The number of aryl methyl sites for hydroxylation is 1. The first-order chi connectivity index (χ1) is 12.7. The smallest absolute Gasteiger partial charge is 0.246 e. The molecule has 2 aromatic heterocycles. The summed E-state index contributed by atoms with van der Waals surface area (Å²) in [6.45, 7) is 1.76. The Labute approximate surface area is 154 Å². The van der Waals surface area contributed by atoms with E-state index >= 15 is 0 Å². The molecule has 2 aliphatic heterocycles. The van der Waals surface area contributed by atoms with E-state index in [9.17, 15) is 9.59 Å². The summed E-state index contributed by atoms with van der Waals surface area (Å²) < 4.78 is 5.74. The van der Waals surface area contributed by atoms with Crippen LogP contribution in [0.3, 0.4) is 0 Å². The van der Waals surface area contributed by atoms with Crippen LogP contribution in [-0.4, -0.2) is 45.9 Å². The molecule has 7 nitrogen and oxygen atoms in total. The van der Waals surface area contributed by atoms with Crippen molar-refractivity contribution in [1.82, 2.24) is 14.9 Å². The van der Waals surface area contributed by atoms with E-state index in [-0.39, 0.29) is 17.9 Å². The molecule has 1 fully saturated rings. The molecule has 0 radical (unpaired) electrons. The fourth-order valence-corrected chi connectivity index (χ4v) is 3.39. The van der Waals surface area contributed by atoms with Crippen molar-refractivity contribution in [3.63, 3.8) is 0 Å². The highest BCUT2D eigenvalue weighted by Crippen LogP contribution is 2.21. The van der Waals surface area contributed by atoms with Crippen LogP contribution >= 0.6 is 11.3 Å². The average molecular weight is 370 g/mol. The summed E-state index contributed by atoms with van der Waals surface area (Å²) in [5.41, 5.74) is 3.63. The van der Waals surface area contributed by atoms with Gasteiger partial charge in [0.2, 0.25) is 11.8 Å². The summed E-state index contributed by atoms with van der Waals surface area (Å²) in [6, 6.07) is 1.96. The van der Waals surface area contributed by atoms with Gasteiger partial charge in [-0.25, -0.2) is 4.98 Å². The molecule has 26 heavy (non-hydrogen) atoms. The van der Waals surface area contributed by atoms with Gasteiger partial charge < -0.3 is 15.0 Å². The van der Waals surface area contributed by atoms with Crippen LogP contribution in [-0.2, 0) is 27.4 Å². The third-order valence-corrected chi connectivity index (χ3v) is 5.14. The molecule has 0 unspecified atom stereocenters. The number of hydrogen-bond acceptors (Lipinski definition) is 6. The molecule has 8 heteroatoms. The second kappa shape index (κ2) is 7.35. The summed E-state index contributed by atoms with van der Waals surface area (Å²) in [6.07, 6.45) is 8.01. The van der Waals surface area contributed by atoms with Crippen molar-refractivity contribution in [2.75, 3.05) is 18.4 Å². The number of carbonyl (C=O) groups is 2. The molecule has 0 saturated carbocycles. The third kappa shape index (κ3) is 3.81. The number of thiazole rings is 1. The second-order valence-electron chi connectivity index (χ2n) is 6.30. The summed E-state index contributed by atoms with van der Waals surface area (Å²) in [5.74, 6) is 0.579. The van der Waals surface area contributed by atoms with Crippen LogP contribution in [0, 0.1) is 0 Å². The van der Waals surface area contributed by atoms with E-state index in [2.05, 4.69) is 15.3 Å². The molecule has 2 amide bonds. The Bertz CT molecular complexity index is 844. The van der Waals surface area contributed by atoms with E-state index in [0.717, 1.165) is 16.0 Å². The molecular formula is C18H18N4O3S. The zero-order valence-corrected chi connectivity index (χ0v) is 14.9. The van der Waals surface area contributed by atoms with Gasteiger partial charge in [0, 0.05) is 38.0 Å². The standard InChI is InChI=1S/C18H18N4O3S/c23-16-3-2-13-5-12(6-20-18(13)21-16)1-4-17(24)22-8-14(9-22)25-10-15-7-19-11-26-15/h1,4-7,11,14H,2-3,8-10H2,(H,20,21,23). The Morgan fingerprint density at radius 1 is 1.38 bits per heavy atom. The van der Waals surface area contributed by atoms with Gasteiger partial charge in [-0.3, -0.25) is 14.6 Å². The minimum atomic E-state index is -0.0336. The minimum Gasteiger partial charge on any atom is -0.369 e. The van der Waals surface area contributed by atoms with Gasteiger partial charge in [0.15, 0.2) is 0 Å². The first-order valence-corrected chi connectivity index (χ1v) is 9.30. The fourth-order valence-electron chi connectivity index (χ4n) is 2.88. The molecule has 0 spiro atoms. The lowest BCUT2D eigenvalue weighted by molar-refractivity contribution is -0.140. The molecule has 4 rings (SSSR count). The maximum absolute atomic E-state index is 12.2. The Balaban J connectivity index is 1.27. The molecule has 2 aliphatic rings. The number of nitrogens with zero attached hydrogens (tertiary/aromatic N) is 3. The van der Waals surface area contributed by atoms with Crippen LogP contribution in [0.15, 0.2) is 30.0 Å². The molecule has 134 valence electrons.